The number of sulfonamides is 1. The fraction of sp³-hybridized carbons (Fsp3) is 0.350. The van der Waals surface area contributed by atoms with Gasteiger partial charge in [0.05, 0.1) is 10.6 Å². The Balaban J connectivity index is 1.76. The number of amides is 1. The third-order valence-corrected chi connectivity index (χ3v) is 7.08. The first-order valence-corrected chi connectivity index (χ1v) is 10.5. The molecule has 1 saturated heterocycles. The van der Waals surface area contributed by atoms with Crippen LogP contribution in [0.25, 0.3) is 11.1 Å². The van der Waals surface area contributed by atoms with Gasteiger partial charge in [-0.05, 0) is 43.0 Å². The molecule has 1 amide bonds. The molecule has 2 heterocycles. The number of anilines is 1. The molecule has 5 nitrogen and oxygen atoms in total. The van der Waals surface area contributed by atoms with Crippen molar-refractivity contribution in [2.24, 2.45) is 5.92 Å². The van der Waals surface area contributed by atoms with E-state index in [-0.39, 0.29) is 17.3 Å². The van der Waals surface area contributed by atoms with Crippen molar-refractivity contribution in [2.45, 2.75) is 24.7 Å². The van der Waals surface area contributed by atoms with Gasteiger partial charge in [0.2, 0.25) is 5.91 Å². The number of carbonyl (C=O) groups excluding carboxylic acids is 1. The van der Waals surface area contributed by atoms with E-state index in [4.69, 9.17) is 0 Å². The van der Waals surface area contributed by atoms with E-state index in [9.17, 15) is 17.6 Å². The molecule has 0 aliphatic carbocycles. The highest BCUT2D eigenvalue weighted by Gasteiger charge is 2.37. The summed E-state index contributed by atoms with van der Waals surface area (Å²) in [6.45, 7) is 3.09. The normalized spacial score (nSPS) is 20.7. The Labute approximate surface area is 158 Å². The Hall–Kier alpha value is -2.41. The molecule has 0 radical (unpaired) electrons. The number of fused-ring (bicyclic) bond motifs is 3. The number of carbonyl (C=O) groups is 1. The van der Waals surface area contributed by atoms with E-state index in [1.54, 1.807) is 23.1 Å². The Morgan fingerprint density at radius 2 is 1.96 bits per heavy atom. The van der Waals surface area contributed by atoms with E-state index >= 15 is 0 Å². The molecule has 2 aliphatic heterocycles. The number of piperidine rings is 1. The van der Waals surface area contributed by atoms with E-state index < -0.39 is 15.8 Å². The van der Waals surface area contributed by atoms with Gasteiger partial charge in [-0.15, -0.1) is 0 Å². The molecule has 27 heavy (non-hydrogen) atoms. The van der Waals surface area contributed by atoms with Crippen LogP contribution in [0.1, 0.15) is 19.8 Å². The zero-order valence-corrected chi connectivity index (χ0v) is 15.9. The number of hydrogen-bond donors (Lipinski definition) is 0. The zero-order chi connectivity index (χ0) is 19.2. The number of halogens is 1. The van der Waals surface area contributed by atoms with Crippen molar-refractivity contribution in [3.05, 3.63) is 48.3 Å². The molecule has 0 bridgehead atoms. The summed E-state index contributed by atoms with van der Waals surface area (Å²) in [6, 6.07) is 10.5. The lowest BCUT2D eigenvalue weighted by Gasteiger charge is -2.35. The molecule has 0 saturated carbocycles. The van der Waals surface area contributed by atoms with Gasteiger partial charge in [0.25, 0.3) is 10.0 Å². The molecule has 0 N–H and O–H groups in total. The molecule has 1 fully saturated rings. The van der Waals surface area contributed by atoms with Crippen LogP contribution in [0.4, 0.5) is 10.1 Å². The lowest BCUT2D eigenvalue weighted by Crippen LogP contribution is -2.47. The Kier molecular flexibility index (Phi) is 4.42. The molecule has 0 unspecified atom stereocenters. The number of rotatable bonds is 2. The quantitative estimate of drug-likeness (QED) is 0.794. The molecule has 2 aromatic rings. The minimum Gasteiger partial charge on any atom is -0.341 e. The monoisotopic (exact) mass is 388 g/mol. The van der Waals surface area contributed by atoms with E-state index in [1.165, 1.54) is 24.3 Å². The van der Waals surface area contributed by atoms with Crippen molar-refractivity contribution < 1.29 is 17.6 Å². The molecule has 0 aromatic heterocycles. The number of benzene rings is 2. The van der Waals surface area contributed by atoms with Crippen molar-refractivity contribution in [2.75, 3.05) is 23.9 Å². The molecular formula is C20H21FN2O3S. The average molecular weight is 388 g/mol. The lowest BCUT2D eigenvalue weighted by molar-refractivity contribution is -0.131. The fourth-order valence-corrected chi connectivity index (χ4v) is 5.56. The predicted octanol–water partition coefficient (Wildman–Crippen LogP) is 3.26. The number of nitrogens with zero attached hydrogens (tertiary/aromatic N) is 2. The highest BCUT2D eigenvalue weighted by atomic mass is 32.2. The maximum atomic E-state index is 13.9. The van der Waals surface area contributed by atoms with Gasteiger partial charge in [0.15, 0.2) is 0 Å². The SMILES string of the molecule is C[C@H]1CCCN(C(=O)CN2c3ccc(F)cc3-c3ccccc3S2(=O)=O)C1. The average Bonchev–Trinajstić information content (AvgIpc) is 2.65. The molecule has 142 valence electrons. The smallest absolute Gasteiger partial charge is 0.265 e. The van der Waals surface area contributed by atoms with Crippen molar-refractivity contribution in [3.8, 4) is 11.1 Å². The van der Waals surface area contributed by atoms with Gasteiger partial charge >= 0.3 is 0 Å². The summed E-state index contributed by atoms with van der Waals surface area (Å²) < 4.78 is 41.4. The van der Waals surface area contributed by atoms with Crippen LogP contribution in [0.5, 0.6) is 0 Å². The second-order valence-corrected chi connectivity index (χ2v) is 9.09. The summed E-state index contributed by atoms with van der Waals surface area (Å²) in [7, 11) is -3.89. The third kappa shape index (κ3) is 3.10. The van der Waals surface area contributed by atoms with Crippen LogP contribution in [-0.4, -0.2) is 38.9 Å². The standard InChI is InChI=1S/C20H21FN2O3S/c1-14-5-4-10-22(12-14)20(24)13-23-18-9-8-15(21)11-17(18)16-6-2-3-7-19(16)27(23,25)26/h2-3,6-9,11,14H,4-5,10,12-13H2,1H3/t14-/m0/s1. The third-order valence-electron chi connectivity index (χ3n) is 5.26. The van der Waals surface area contributed by atoms with E-state index in [2.05, 4.69) is 6.92 Å². The van der Waals surface area contributed by atoms with Crippen LogP contribution in [0, 0.1) is 11.7 Å². The summed E-state index contributed by atoms with van der Waals surface area (Å²) in [5, 5.41) is 0. The molecule has 0 spiro atoms. The second-order valence-electron chi connectivity index (χ2n) is 7.26. The highest BCUT2D eigenvalue weighted by Crippen LogP contribution is 2.43. The zero-order valence-electron chi connectivity index (χ0n) is 15.1. The fourth-order valence-electron chi connectivity index (χ4n) is 3.91. The van der Waals surface area contributed by atoms with Gasteiger partial charge in [0.1, 0.15) is 12.4 Å². The second kappa shape index (κ2) is 6.64. The lowest BCUT2D eigenvalue weighted by atomic mass is 10.0. The molecular weight excluding hydrogens is 367 g/mol. The van der Waals surface area contributed by atoms with Crippen LogP contribution in [-0.2, 0) is 14.8 Å². The van der Waals surface area contributed by atoms with Crippen LogP contribution in [0.2, 0.25) is 0 Å². The molecule has 7 heteroatoms. The van der Waals surface area contributed by atoms with Gasteiger partial charge in [-0.3, -0.25) is 9.10 Å². The minimum absolute atomic E-state index is 0.0999. The van der Waals surface area contributed by atoms with Crippen molar-refractivity contribution in [1.82, 2.24) is 4.90 Å². The summed E-state index contributed by atoms with van der Waals surface area (Å²) in [6.07, 6.45) is 1.99. The van der Waals surface area contributed by atoms with E-state index in [0.29, 0.717) is 35.8 Å². The molecule has 2 aliphatic rings. The van der Waals surface area contributed by atoms with E-state index in [1.807, 2.05) is 0 Å². The van der Waals surface area contributed by atoms with Crippen LogP contribution in [0.3, 0.4) is 0 Å². The van der Waals surface area contributed by atoms with Crippen molar-refractivity contribution in [3.63, 3.8) is 0 Å². The molecule has 4 rings (SSSR count). The van der Waals surface area contributed by atoms with E-state index in [0.717, 1.165) is 17.1 Å². The first-order chi connectivity index (χ1) is 12.9. The van der Waals surface area contributed by atoms with Crippen molar-refractivity contribution in [1.29, 1.82) is 0 Å². The number of hydrogen-bond acceptors (Lipinski definition) is 3. The topological polar surface area (TPSA) is 57.7 Å². The predicted molar refractivity (Wildman–Crippen MR) is 101 cm³/mol. The Morgan fingerprint density at radius 3 is 2.74 bits per heavy atom. The van der Waals surface area contributed by atoms with Gasteiger partial charge in [-0.1, -0.05) is 25.1 Å². The Morgan fingerprint density at radius 1 is 1.19 bits per heavy atom. The maximum absolute atomic E-state index is 13.9. The maximum Gasteiger partial charge on any atom is 0.265 e. The summed E-state index contributed by atoms with van der Waals surface area (Å²) in [5.74, 6) is -0.262. The van der Waals surface area contributed by atoms with Crippen molar-refractivity contribution >= 4 is 21.6 Å². The summed E-state index contributed by atoms with van der Waals surface area (Å²) in [4.78, 5) is 14.7. The first kappa shape index (κ1) is 18.0. The Bertz CT molecular complexity index is 1010. The first-order valence-electron chi connectivity index (χ1n) is 9.07. The van der Waals surface area contributed by atoms with Gasteiger partial charge in [-0.25, -0.2) is 12.8 Å². The van der Waals surface area contributed by atoms with Crippen LogP contribution in [0.15, 0.2) is 47.4 Å². The van der Waals surface area contributed by atoms with Crippen LogP contribution >= 0.6 is 0 Å². The summed E-state index contributed by atoms with van der Waals surface area (Å²) in [5.41, 5.74) is 1.29. The molecule has 1 atom stereocenters. The minimum atomic E-state index is -3.89. The van der Waals surface area contributed by atoms with Crippen LogP contribution < -0.4 is 4.31 Å². The van der Waals surface area contributed by atoms with Gasteiger partial charge < -0.3 is 4.90 Å². The van der Waals surface area contributed by atoms with Gasteiger partial charge in [-0.2, -0.15) is 0 Å². The summed E-state index contributed by atoms with van der Waals surface area (Å²) >= 11 is 0. The highest BCUT2D eigenvalue weighted by molar-refractivity contribution is 7.93. The molecule has 2 aromatic carbocycles. The van der Waals surface area contributed by atoms with Gasteiger partial charge in [0, 0.05) is 24.2 Å². The largest absolute Gasteiger partial charge is 0.341 e. The number of likely N-dealkylation sites (tertiary alicyclic amines) is 1.